The molecule has 2 N–H and O–H groups in total. The van der Waals surface area contributed by atoms with Crippen molar-refractivity contribution in [1.29, 1.82) is 0 Å². The Morgan fingerprint density at radius 2 is 2.14 bits per heavy atom. The molecule has 0 atom stereocenters. The highest BCUT2D eigenvalue weighted by atomic mass is 127. The molecule has 1 aromatic carbocycles. The first-order valence-corrected chi connectivity index (χ1v) is 4.98. The smallest absolute Gasteiger partial charge is 0.331 e. The van der Waals surface area contributed by atoms with E-state index in [1.54, 1.807) is 18.2 Å². The molecule has 0 fully saturated rings. The highest BCUT2D eigenvalue weighted by Gasteiger charge is 2.03. The third-order valence-corrected chi connectivity index (χ3v) is 2.37. The number of carboxylic acids is 1. The topological polar surface area (TPSA) is 57.5 Å². The average Bonchev–Trinajstić information content (AvgIpc) is 2.11. The quantitative estimate of drug-likeness (QED) is 0.652. The molecular formula is C10H9IO3. The van der Waals surface area contributed by atoms with Crippen LogP contribution < -0.4 is 0 Å². The number of benzene rings is 1. The van der Waals surface area contributed by atoms with Crippen LogP contribution in [0.1, 0.15) is 12.5 Å². The van der Waals surface area contributed by atoms with Crippen molar-refractivity contribution < 1.29 is 15.0 Å². The Morgan fingerprint density at radius 1 is 1.50 bits per heavy atom. The minimum absolute atomic E-state index is 0.0889. The van der Waals surface area contributed by atoms with E-state index in [1.165, 1.54) is 13.0 Å². The van der Waals surface area contributed by atoms with Gasteiger partial charge in [0.25, 0.3) is 0 Å². The summed E-state index contributed by atoms with van der Waals surface area (Å²) in [6.07, 6.45) is 1.44. The summed E-state index contributed by atoms with van der Waals surface area (Å²) in [4.78, 5) is 10.5. The van der Waals surface area contributed by atoms with Gasteiger partial charge in [0.2, 0.25) is 0 Å². The second-order valence-corrected chi connectivity index (χ2v) is 4.08. The zero-order chi connectivity index (χ0) is 10.7. The third kappa shape index (κ3) is 2.73. The Balaban J connectivity index is 3.13. The van der Waals surface area contributed by atoms with Gasteiger partial charge in [-0.1, -0.05) is 0 Å². The van der Waals surface area contributed by atoms with E-state index >= 15 is 0 Å². The van der Waals surface area contributed by atoms with Crippen LogP contribution in [-0.2, 0) is 4.79 Å². The summed E-state index contributed by atoms with van der Waals surface area (Å²) < 4.78 is 0.949. The molecule has 0 heterocycles. The number of halogens is 1. The maximum absolute atomic E-state index is 10.5. The highest BCUT2D eigenvalue weighted by Crippen LogP contribution is 2.22. The van der Waals surface area contributed by atoms with E-state index in [0.717, 1.165) is 3.57 Å². The number of aliphatic carboxylic acids is 1. The molecule has 0 bridgehead atoms. The van der Waals surface area contributed by atoms with Crippen molar-refractivity contribution in [3.63, 3.8) is 0 Å². The van der Waals surface area contributed by atoms with Crippen LogP contribution in [0.15, 0.2) is 23.8 Å². The maximum atomic E-state index is 10.5. The Morgan fingerprint density at radius 3 is 2.71 bits per heavy atom. The van der Waals surface area contributed by atoms with Crippen LogP contribution in [0.5, 0.6) is 5.75 Å². The Hall–Kier alpha value is -1.04. The van der Waals surface area contributed by atoms with Crippen molar-refractivity contribution in [1.82, 2.24) is 0 Å². The number of aromatic hydroxyl groups is 1. The van der Waals surface area contributed by atoms with Crippen LogP contribution in [0, 0.1) is 3.57 Å². The number of hydrogen-bond donors (Lipinski definition) is 2. The summed E-state index contributed by atoms with van der Waals surface area (Å²) in [5.41, 5.74) is 0.721. The summed E-state index contributed by atoms with van der Waals surface area (Å²) >= 11 is 2.10. The van der Waals surface area contributed by atoms with Crippen LogP contribution in [0.25, 0.3) is 6.08 Å². The number of rotatable bonds is 2. The molecular weight excluding hydrogens is 295 g/mol. The lowest BCUT2D eigenvalue weighted by atomic mass is 10.1. The molecule has 0 aliphatic heterocycles. The van der Waals surface area contributed by atoms with Gasteiger partial charge in [-0.15, -0.1) is 0 Å². The lowest BCUT2D eigenvalue weighted by Gasteiger charge is -2.00. The fraction of sp³-hybridized carbons (Fsp3) is 0.100. The van der Waals surface area contributed by atoms with Crippen molar-refractivity contribution in [2.45, 2.75) is 6.92 Å². The van der Waals surface area contributed by atoms with E-state index in [0.29, 0.717) is 5.56 Å². The summed E-state index contributed by atoms with van der Waals surface area (Å²) in [7, 11) is 0. The molecule has 0 amide bonds. The van der Waals surface area contributed by atoms with Gasteiger partial charge in [0, 0.05) is 14.7 Å². The Bertz CT molecular complexity index is 396. The molecule has 0 unspecified atom stereocenters. The van der Waals surface area contributed by atoms with Gasteiger partial charge in [-0.25, -0.2) is 4.79 Å². The van der Waals surface area contributed by atoms with E-state index < -0.39 is 5.97 Å². The van der Waals surface area contributed by atoms with E-state index in [2.05, 4.69) is 22.6 Å². The molecule has 0 aliphatic rings. The molecule has 14 heavy (non-hydrogen) atoms. The molecule has 3 nitrogen and oxygen atoms in total. The molecule has 0 saturated carbocycles. The Kier molecular flexibility index (Phi) is 3.51. The molecule has 4 heteroatoms. The fourth-order valence-electron chi connectivity index (χ4n) is 0.936. The summed E-state index contributed by atoms with van der Waals surface area (Å²) in [6.45, 7) is 1.49. The number of carboxylic acid groups (broad SMARTS) is 1. The van der Waals surface area contributed by atoms with Crippen LogP contribution in [0.2, 0.25) is 0 Å². The SMILES string of the molecule is C/C(=C\c1cc(I)ccc1O)C(=O)O. The lowest BCUT2D eigenvalue weighted by molar-refractivity contribution is -0.132. The zero-order valence-corrected chi connectivity index (χ0v) is 9.65. The van der Waals surface area contributed by atoms with Crippen molar-refractivity contribution in [2.75, 3.05) is 0 Å². The second-order valence-electron chi connectivity index (χ2n) is 2.84. The molecule has 0 spiro atoms. The standard InChI is InChI=1S/C10H9IO3/c1-6(10(13)14)4-7-5-8(11)2-3-9(7)12/h2-5,12H,1H3,(H,13,14)/b6-4+. The molecule has 1 aromatic rings. The summed E-state index contributed by atoms with van der Waals surface area (Å²) in [5, 5.41) is 18.1. The first kappa shape index (κ1) is 11.0. The zero-order valence-electron chi connectivity index (χ0n) is 7.49. The first-order valence-electron chi connectivity index (χ1n) is 3.91. The highest BCUT2D eigenvalue weighted by molar-refractivity contribution is 14.1. The second kappa shape index (κ2) is 4.45. The van der Waals surface area contributed by atoms with E-state index in [1.807, 2.05) is 0 Å². The number of hydrogen-bond acceptors (Lipinski definition) is 2. The monoisotopic (exact) mass is 304 g/mol. The minimum Gasteiger partial charge on any atom is -0.507 e. The van der Waals surface area contributed by atoms with E-state index in [9.17, 15) is 9.90 Å². The van der Waals surface area contributed by atoms with E-state index in [-0.39, 0.29) is 11.3 Å². The molecule has 0 radical (unpaired) electrons. The normalized spacial score (nSPS) is 11.4. The van der Waals surface area contributed by atoms with E-state index in [4.69, 9.17) is 5.11 Å². The average molecular weight is 304 g/mol. The van der Waals surface area contributed by atoms with Gasteiger partial charge < -0.3 is 10.2 Å². The van der Waals surface area contributed by atoms with Crippen molar-refractivity contribution in [2.24, 2.45) is 0 Å². The van der Waals surface area contributed by atoms with Gasteiger partial charge >= 0.3 is 5.97 Å². The number of phenols is 1. The van der Waals surface area contributed by atoms with Gasteiger partial charge in [-0.3, -0.25) is 0 Å². The molecule has 0 aliphatic carbocycles. The number of phenolic OH excluding ortho intramolecular Hbond substituents is 1. The van der Waals surface area contributed by atoms with Gasteiger partial charge in [0.05, 0.1) is 0 Å². The number of carbonyl (C=O) groups is 1. The molecule has 0 aromatic heterocycles. The van der Waals surface area contributed by atoms with Crippen molar-refractivity contribution in [3.8, 4) is 5.75 Å². The summed E-state index contributed by atoms with van der Waals surface area (Å²) in [6, 6.07) is 5.02. The van der Waals surface area contributed by atoms with Crippen LogP contribution in [0.3, 0.4) is 0 Å². The molecule has 1 rings (SSSR count). The largest absolute Gasteiger partial charge is 0.507 e. The van der Waals surface area contributed by atoms with Crippen LogP contribution in [-0.4, -0.2) is 16.2 Å². The first-order chi connectivity index (χ1) is 6.50. The van der Waals surface area contributed by atoms with Gasteiger partial charge in [-0.2, -0.15) is 0 Å². The lowest BCUT2D eigenvalue weighted by Crippen LogP contribution is -1.95. The minimum atomic E-state index is -0.983. The van der Waals surface area contributed by atoms with Gasteiger partial charge in [0.15, 0.2) is 0 Å². The predicted molar refractivity (Wildman–Crippen MR) is 62.1 cm³/mol. The van der Waals surface area contributed by atoms with Crippen LogP contribution in [0.4, 0.5) is 0 Å². The van der Waals surface area contributed by atoms with Crippen molar-refractivity contribution >= 4 is 34.6 Å². The van der Waals surface area contributed by atoms with Gasteiger partial charge in [0.1, 0.15) is 5.75 Å². The molecule has 74 valence electrons. The predicted octanol–water partition coefficient (Wildman–Crippen LogP) is 2.48. The van der Waals surface area contributed by atoms with Crippen LogP contribution >= 0.6 is 22.6 Å². The molecule has 0 saturated heterocycles. The van der Waals surface area contributed by atoms with Gasteiger partial charge in [-0.05, 0) is 53.8 Å². The summed E-state index contributed by atoms with van der Waals surface area (Å²) in [5.74, 6) is -0.894. The Labute approximate surface area is 95.2 Å². The third-order valence-electron chi connectivity index (χ3n) is 1.70. The maximum Gasteiger partial charge on any atom is 0.331 e. The fourth-order valence-corrected chi connectivity index (χ4v) is 1.45. The van der Waals surface area contributed by atoms with Crippen molar-refractivity contribution in [3.05, 3.63) is 32.9 Å².